The Morgan fingerprint density at radius 2 is 1.96 bits per heavy atom. The smallest absolute Gasteiger partial charge is 0.221 e. The van der Waals surface area contributed by atoms with E-state index in [0.717, 1.165) is 11.8 Å². The highest BCUT2D eigenvalue weighted by atomic mass is 32.2. The van der Waals surface area contributed by atoms with Gasteiger partial charge in [-0.3, -0.25) is 9.78 Å². The molecule has 2 aromatic carbocycles. The molecule has 0 saturated heterocycles. The van der Waals surface area contributed by atoms with E-state index in [-0.39, 0.29) is 10.8 Å². The molecule has 1 aromatic heterocycles. The number of benzene rings is 2. The standard InChI is InChI=1S/C20H18N4O3S/c1-12-7-19-17(9-18(12)23-13(2)25)20(14(10-21)11-22-19)24-15-5-4-6-16(8-15)28(3,26)27/h4-9,11H,1-3H3,(H,22,24)(H,23,25). The second-order valence-corrected chi connectivity index (χ2v) is 8.46. The first-order valence-electron chi connectivity index (χ1n) is 8.37. The third-order valence-corrected chi connectivity index (χ3v) is 5.29. The van der Waals surface area contributed by atoms with Crippen molar-refractivity contribution >= 4 is 43.7 Å². The Morgan fingerprint density at radius 3 is 2.61 bits per heavy atom. The van der Waals surface area contributed by atoms with Crippen LogP contribution >= 0.6 is 0 Å². The number of hydrogen-bond donors (Lipinski definition) is 2. The highest BCUT2D eigenvalue weighted by Crippen LogP contribution is 2.33. The lowest BCUT2D eigenvalue weighted by Crippen LogP contribution is -2.07. The average molecular weight is 394 g/mol. The zero-order valence-corrected chi connectivity index (χ0v) is 16.4. The fourth-order valence-electron chi connectivity index (χ4n) is 2.84. The fourth-order valence-corrected chi connectivity index (χ4v) is 3.50. The predicted molar refractivity (Wildman–Crippen MR) is 108 cm³/mol. The van der Waals surface area contributed by atoms with Crippen molar-refractivity contribution in [2.24, 2.45) is 0 Å². The molecule has 0 atom stereocenters. The average Bonchev–Trinajstić information content (AvgIpc) is 2.62. The van der Waals surface area contributed by atoms with Crippen molar-refractivity contribution in [1.29, 1.82) is 5.26 Å². The number of nitriles is 1. The Balaban J connectivity index is 2.19. The summed E-state index contributed by atoms with van der Waals surface area (Å²) >= 11 is 0. The monoisotopic (exact) mass is 394 g/mol. The van der Waals surface area contributed by atoms with Gasteiger partial charge in [0, 0.05) is 36.1 Å². The first-order chi connectivity index (χ1) is 13.2. The van der Waals surface area contributed by atoms with Crippen molar-refractivity contribution < 1.29 is 13.2 Å². The molecule has 0 aliphatic rings. The molecule has 0 spiro atoms. The van der Waals surface area contributed by atoms with E-state index in [1.807, 2.05) is 13.0 Å². The number of anilines is 3. The lowest BCUT2D eigenvalue weighted by Gasteiger charge is -2.15. The van der Waals surface area contributed by atoms with E-state index in [9.17, 15) is 18.5 Å². The van der Waals surface area contributed by atoms with Crippen LogP contribution in [0.4, 0.5) is 17.1 Å². The zero-order chi connectivity index (χ0) is 20.5. The van der Waals surface area contributed by atoms with Crippen molar-refractivity contribution in [3.63, 3.8) is 0 Å². The third-order valence-electron chi connectivity index (χ3n) is 4.18. The number of pyridine rings is 1. The van der Waals surface area contributed by atoms with Crippen molar-refractivity contribution in [3.8, 4) is 6.07 Å². The van der Waals surface area contributed by atoms with Gasteiger partial charge in [0.15, 0.2) is 9.84 Å². The molecule has 3 aromatic rings. The van der Waals surface area contributed by atoms with Gasteiger partial charge in [0.1, 0.15) is 6.07 Å². The quantitative estimate of drug-likeness (QED) is 0.700. The summed E-state index contributed by atoms with van der Waals surface area (Å²) in [4.78, 5) is 16.0. The first-order valence-corrected chi connectivity index (χ1v) is 10.3. The number of nitrogens with one attached hydrogen (secondary N) is 2. The number of aromatic nitrogens is 1. The summed E-state index contributed by atoms with van der Waals surface area (Å²) in [5.41, 5.74) is 3.41. The van der Waals surface area contributed by atoms with Crippen LogP contribution in [0.25, 0.3) is 10.9 Å². The Labute approximate surface area is 162 Å². The predicted octanol–water partition coefficient (Wildman–Crippen LogP) is 3.52. The van der Waals surface area contributed by atoms with Crippen LogP contribution < -0.4 is 10.6 Å². The molecular weight excluding hydrogens is 376 g/mol. The summed E-state index contributed by atoms with van der Waals surface area (Å²) in [6.07, 6.45) is 2.60. The van der Waals surface area contributed by atoms with Gasteiger partial charge in [-0.25, -0.2) is 8.42 Å². The molecule has 0 fully saturated rings. The van der Waals surface area contributed by atoms with E-state index in [4.69, 9.17) is 0 Å². The second kappa shape index (κ2) is 7.29. The lowest BCUT2D eigenvalue weighted by atomic mass is 10.1. The van der Waals surface area contributed by atoms with Crippen LogP contribution in [-0.2, 0) is 14.6 Å². The van der Waals surface area contributed by atoms with E-state index < -0.39 is 9.84 Å². The Bertz CT molecular complexity index is 1240. The van der Waals surface area contributed by atoms with E-state index in [2.05, 4.69) is 21.7 Å². The summed E-state index contributed by atoms with van der Waals surface area (Å²) in [6.45, 7) is 3.27. The van der Waals surface area contributed by atoms with Crippen LogP contribution in [0.15, 0.2) is 47.5 Å². The molecular formula is C20H18N4O3S. The van der Waals surface area contributed by atoms with E-state index in [1.54, 1.807) is 18.2 Å². The molecule has 0 aliphatic heterocycles. The van der Waals surface area contributed by atoms with Crippen molar-refractivity contribution in [1.82, 2.24) is 4.98 Å². The number of carbonyl (C=O) groups excluding carboxylic acids is 1. The van der Waals surface area contributed by atoms with Gasteiger partial charge in [-0.2, -0.15) is 5.26 Å². The molecule has 0 radical (unpaired) electrons. The molecule has 7 nitrogen and oxygen atoms in total. The molecule has 28 heavy (non-hydrogen) atoms. The maximum atomic E-state index is 11.8. The van der Waals surface area contributed by atoms with Crippen molar-refractivity contribution in [2.75, 3.05) is 16.9 Å². The van der Waals surface area contributed by atoms with E-state index in [1.165, 1.54) is 25.3 Å². The number of rotatable bonds is 4. The van der Waals surface area contributed by atoms with Crippen LogP contribution in [-0.4, -0.2) is 25.6 Å². The first kappa shape index (κ1) is 19.3. The summed E-state index contributed by atoms with van der Waals surface area (Å²) in [5.74, 6) is -0.206. The van der Waals surface area contributed by atoms with E-state index in [0.29, 0.717) is 33.5 Å². The highest BCUT2D eigenvalue weighted by molar-refractivity contribution is 7.90. The largest absolute Gasteiger partial charge is 0.354 e. The summed E-state index contributed by atoms with van der Waals surface area (Å²) in [5, 5.41) is 16.1. The molecule has 1 amide bonds. The van der Waals surface area contributed by atoms with Gasteiger partial charge in [-0.15, -0.1) is 0 Å². The van der Waals surface area contributed by atoms with Crippen molar-refractivity contribution in [3.05, 3.63) is 53.7 Å². The molecule has 0 bridgehead atoms. The normalized spacial score (nSPS) is 11.1. The SMILES string of the molecule is CC(=O)Nc1cc2c(Nc3cccc(S(C)(=O)=O)c3)c(C#N)cnc2cc1C. The Morgan fingerprint density at radius 1 is 1.21 bits per heavy atom. The molecule has 142 valence electrons. The van der Waals surface area contributed by atoms with Gasteiger partial charge in [0.2, 0.25) is 5.91 Å². The third kappa shape index (κ3) is 3.94. The highest BCUT2D eigenvalue weighted by Gasteiger charge is 2.14. The van der Waals surface area contributed by atoms with Crippen LogP contribution in [0.2, 0.25) is 0 Å². The van der Waals surface area contributed by atoms with Crippen LogP contribution in [0.5, 0.6) is 0 Å². The molecule has 1 heterocycles. The summed E-state index contributed by atoms with van der Waals surface area (Å²) < 4.78 is 23.7. The van der Waals surface area contributed by atoms with Crippen LogP contribution in [0, 0.1) is 18.3 Å². The van der Waals surface area contributed by atoms with Gasteiger partial charge < -0.3 is 10.6 Å². The molecule has 3 rings (SSSR count). The van der Waals surface area contributed by atoms with Gasteiger partial charge in [-0.05, 0) is 42.8 Å². The minimum absolute atomic E-state index is 0.171. The number of hydrogen-bond acceptors (Lipinski definition) is 6. The minimum atomic E-state index is -3.37. The zero-order valence-electron chi connectivity index (χ0n) is 15.6. The fraction of sp³-hybridized carbons (Fsp3) is 0.150. The van der Waals surface area contributed by atoms with Gasteiger partial charge in [-0.1, -0.05) is 6.07 Å². The van der Waals surface area contributed by atoms with Gasteiger partial charge in [0.05, 0.1) is 21.7 Å². The summed E-state index contributed by atoms with van der Waals surface area (Å²) in [7, 11) is -3.37. The Hall–Kier alpha value is -3.44. The number of nitrogens with zero attached hydrogens (tertiary/aromatic N) is 2. The molecule has 0 aliphatic carbocycles. The number of fused-ring (bicyclic) bond motifs is 1. The Kier molecular flexibility index (Phi) is 5.03. The maximum Gasteiger partial charge on any atom is 0.221 e. The minimum Gasteiger partial charge on any atom is -0.354 e. The molecule has 8 heteroatoms. The van der Waals surface area contributed by atoms with Crippen LogP contribution in [0.1, 0.15) is 18.1 Å². The van der Waals surface area contributed by atoms with Gasteiger partial charge in [0.25, 0.3) is 0 Å². The number of sulfone groups is 1. The maximum absolute atomic E-state index is 11.8. The summed E-state index contributed by atoms with van der Waals surface area (Å²) in [6, 6.07) is 12.0. The topological polar surface area (TPSA) is 112 Å². The number of amides is 1. The van der Waals surface area contributed by atoms with E-state index >= 15 is 0 Å². The van der Waals surface area contributed by atoms with Gasteiger partial charge >= 0.3 is 0 Å². The lowest BCUT2D eigenvalue weighted by molar-refractivity contribution is -0.114. The molecule has 0 saturated carbocycles. The number of aryl methyl sites for hydroxylation is 1. The second-order valence-electron chi connectivity index (χ2n) is 6.45. The number of carbonyl (C=O) groups is 1. The van der Waals surface area contributed by atoms with Crippen LogP contribution in [0.3, 0.4) is 0 Å². The molecule has 0 unspecified atom stereocenters. The van der Waals surface area contributed by atoms with Crippen molar-refractivity contribution in [2.45, 2.75) is 18.7 Å². The molecule has 2 N–H and O–H groups in total.